The minimum atomic E-state index is -4.07. The zero-order valence-corrected chi connectivity index (χ0v) is 21.1. The number of phenols is 1. The van der Waals surface area contributed by atoms with E-state index in [-0.39, 0.29) is 33.4 Å². The van der Waals surface area contributed by atoms with E-state index < -0.39 is 31.5 Å². The average molecular weight is 526 g/mol. The first kappa shape index (κ1) is 24.6. The van der Waals surface area contributed by atoms with Crippen molar-refractivity contribution < 1.29 is 17.9 Å². The Morgan fingerprint density at radius 2 is 1.88 bits per heavy atom. The van der Waals surface area contributed by atoms with Gasteiger partial charge in [-0.15, -0.1) is 0 Å². The highest BCUT2D eigenvalue weighted by Gasteiger charge is 2.34. The summed E-state index contributed by atoms with van der Waals surface area (Å²) in [6, 6.07) is 5.97. The first-order valence-corrected chi connectivity index (χ1v) is 13.4. The van der Waals surface area contributed by atoms with Gasteiger partial charge in [-0.1, -0.05) is 11.6 Å². The molecule has 182 valence electrons. The highest BCUT2D eigenvalue weighted by Crippen LogP contribution is 2.41. The van der Waals surface area contributed by atoms with Gasteiger partial charge in [0, 0.05) is 19.3 Å². The number of thioether (sulfide) groups is 1. The third-order valence-corrected chi connectivity index (χ3v) is 9.47. The van der Waals surface area contributed by atoms with E-state index in [0.29, 0.717) is 5.76 Å². The Morgan fingerprint density at radius 3 is 2.47 bits per heavy atom. The molecule has 1 fully saturated rings. The van der Waals surface area contributed by atoms with Crippen molar-refractivity contribution in [1.82, 2.24) is 4.31 Å². The van der Waals surface area contributed by atoms with Crippen LogP contribution in [0.2, 0.25) is 5.02 Å². The molecule has 1 saturated heterocycles. The highest BCUT2D eigenvalue weighted by molar-refractivity contribution is 8.00. The van der Waals surface area contributed by atoms with E-state index in [0.717, 1.165) is 28.7 Å². The number of phenolic OH excluding ortho intramolecular Hbond substituents is 1. The first-order chi connectivity index (χ1) is 16.0. The average Bonchev–Trinajstić information content (AvgIpc) is 3.46. The number of aromatic hydroxyl groups is 1. The molecule has 1 aromatic heterocycles. The lowest BCUT2D eigenvalue weighted by molar-refractivity contribution is 0.449. The molecule has 9 nitrogen and oxygen atoms in total. The fourth-order valence-corrected chi connectivity index (χ4v) is 6.69. The predicted octanol–water partition coefficient (Wildman–Crippen LogP) is 3.59. The standard InChI is InChI=1S/C22H24ClN3O6S2/c1-11-6-9-14(32-11)16(15-5-4-10-33-15)25-18-17(20(28)21(18)29)24-13-8-7-12(23)22(19(13)27)34(30,31)26(2)3/h6-9,15-16,24-25,27H,4-5,10H2,1-3H3. The van der Waals surface area contributed by atoms with Gasteiger partial charge in [0.25, 0.3) is 10.9 Å². The maximum Gasteiger partial charge on any atom is 0.253 e. The van der Waals surface area contributed by atoms with Crippen LogP contribution in [0.15, 0.2) is 43.2 Å². The second kappa shape index (κ2) is 9.29. The summed E-state index contributed by atoms with van der Waals surface area (Å²) >= 11 is 7.82. The molecular formula is C22H24ClN3O6S2. The first-order valence-electron chi connectivity index (χ1n) is 10.5. The van der Waals surface area contributed by atoms with E-state index in [1.807, 2.05) is 19.1 Å². The van der Waals surface area contributed by atoms with E-state index in [2.05, 4.69) is 10.6 Å². The Kier molecular flexibility index (Phi) is 6.74. The second-order valence-electron chi connectivity index (χ2n) is 8.22. The minimum absolute atomic E-state index is 0.0583. The quantitative estimate of drug-likeness (QED) is 0.298. The van der Waals surface area contributed by atoms with E-state index in [9.17, 15) is 23.1 Å². The predicted molar refractivity (Wildman–Crippen MR) is 134 cm³/mol. The van der Waals surface area contributed by atoms with Crippen molar-refractivity contribution in [1.29, 1.82) is 0 Å². The molecule has 4 rings (SSSR count). The Bertz CT molecular complexity index is 1400. The Hall–Kier alpha value is -2.47. The molecule has 0 radical (unpaired) electrons. The van der Waals surface area contributed by atoms with Gasteiger partial charge in [-0.25, -0.2) is 12.7 Å². The summed E-state index contributed by atoms with van der Waals surface area (Å²) in [7, 11) is -1.46. The van der Waals surface area contributed by atoms with Gasteiger partial charge in [-0.2, -0.15) is 11.8 Å². The molecule has 1 aliphatic rings. The van der Waals surface area contributed by atoms with E-state index in [1.54, 1.807) is 11.8 Å². The third kappa shape index (κ3) is 4.33. The van der Waals surface area contributed by atoms with Gasteiger partial charge in [0.05, 0.1) is 16.8 Å². The van der Waals surface area contributed by atoms with Gasteiger partial charge in [0.1, 0.15) is 27.8 Å². The summed E-state index contributed by atoms with van der Waals surface area (Å²) < 4.78 is 32.0. The molecular weight excluding hydrogens is 502 g/mol. The number of nitrogens with zero attached hydrogens (tertiary/aromatic N) is 1. The van der Waals surface area contributed by atoms with E-state index in [1.165, 1.54) is 26.2 Å². The van der Waals surface area contributed by atoms with Crippen molar-refractivity contribution in [3.63, 3.8) is 0 Å². The third-order valence-electron chi connectivity index (χ3n) is 5.70. The van der Waals surface area contributed by atoms with Crippen molar-refractivity contribution >= 4 is 50.4 Å². The molecule has 0 saturated carbocycles. The molecule has 34 heavy (non-hydrogen) atoms. The summed E-state index contributed by atoms with van der Waals surface area (Å²) in [6.07, 6.45) is 1.95. The van der Waals surface area contributed by atoms with E-state index >= 15 is 0 Å². The number of rotatable bonds is 8. The summed E-state index contributed by atoms with van der Waals surface area (Å²) in [5, 5.41) is 16.5. The van der Waals surface area contributed by atoms with Crippen LogP contribution in [0.1, 0.15) is 30.4 Å². The molecule has 1 aliphatic heterocycles. The van der Waals surface area contributed by atoms with Crippen molar-refractivity contribution in [3.8, 4) is 5.75 Å². The van der Waals surface area contributed by atoms with Crippen LogP contribution in [-0.2, 0) is 10.0 Å². The number of halogens is 1. The molecule has 12 heteroatoms. The molecule has 2 atom stereocenters. The van der Waals surface area contributed by atoms with E-state index in [4.69, 9.17) is 16.0 Å². The van der Waals surface area contributed by atoms with Gasteiger partial charge >= 0.3 is 0 Å². The van der Waals surface area contributed by atoms with Gasteiger partial charge in [-0.05, 0) is 49.8 Å². The topological polar surface area (TPSA) is 129 Å². The molecule has 2 unspecified atom stereocenters. The van der Waals surface area contributed by atoms with Crippen LogP contribution in [0.4, 0.5) is 17.1 Å². The van der Waals surface area contributed by atoms with Crippen LogP contribution in [0.25, 0.3) is 0 Å². The number of nitrogens with one attached hydrogen (secondary N) is 2. The maximum absolute atomic E-state index is 12.6. The van der Waals surface area contributed by atoms with Gasteiger partial charge in [0.15, 0.2) is 5.75 Å². The summed E-state index contributed by atoms with van der Waals surface area (Å²) in [4.78, 5) is 24.4. The zero-order valence-electron chi connectivity index (χ0n) is 18.7. The second-order valence-corrected chi connectivity index (χ2v) is 12.1. The summed E-state index contributed by atoms with van der Waals surface area (Å²) in [5.74, 6) is 1.73. The molecule has 3 N–H and O–H groups in total. The minimum Gasteiger partial charge on any atom is -0.504 e. The SMILES string of the molecule is Cc1ccc(C(Nc2c(Nc3ccc(Cl)c(S(=O)(=O)N(C)C)c3O)c(=O)c2=O)C2CCCS2)o1. The van der Waals surface area contributed by atoms with Crippen LogP contribution in [0.5, 0.6) is 5.75 Å². The van der Waals surface area contributed by atoms with Crippen molar-refractivity contribution in [2.45, 2.75) is 36.0 Å². The van der Waals surface area contributed by atoms with Crippen LogP contribution >= 0.6 is 23.4 Å². The number of aryl methyl sites for hydroxylation is 1. The van der Waals surface area contributed by atoms with Gasteiger partial charge in [0.2, 0.25) is 10.0 Å². The zero-order chi connectivity index (χ0) is 24.8. The molecule has 0 spiro atoms. The van der Waals surface area contributed by atoms with Crippen molar-refractivity contribution in [3.05, 3.63) is 61.3 Å². The number of hydrogen-bond acceptors (Lipinski definition) is 9. The van der Waals surface area contributed by atoms with Crippen LogP contribution in [-0.4, -0.2) is 42.9 Å². The number of anilines is 3. The monoisotopic (exact) mass is 525 g/mol. The maximum atomic E-state index is 12.6. The smallest absolute Gasteiger partial charge is 0.253 e. The normalized spacial score (nSPS) is 17.4. The Balaban J connectivity index is 1.70. The fourth-order valence-electron chi connectivity index (χ4n) is 3.85. The van der Waals surface area contributed by atoms with Crippen molar-refractivity contribution in [2.75, 3.05) is 30.5 Å². The van der Waals surface area contributed by atoms with Crippen molar-refractivity contribution in [2.24, 2.45) is 0 Å². The lowest BCUT2D eigenvalue weighted by Crippen LogP contribution is -2.38. The molecule has 2 aromatic carbocycles. The Morgan fingerprint density at radius 1 is 1.18 bits per heavy atom. The lowest BCUT2D eigenvalue weighted by atomic mass is 10.0. The van der Waals surface area contributed by atoms with Crippen LogP contribution in [0, 0.1) is 6.92 Å². The molecule has 0 aliphatic carbocycles. The molecule has 0 amide bonds. The number of furan rings is 1. The summed E-state index contributed by atoms with van der Waals surface area (Å²) in [6.45, 7) is 1.83. The lowest BCUT2D eigenvalue weighted by Gasteiger charge is -2.25. The van der Waals surface area contributed by atoms with Gasteiger partial charge < -0.3 is 20.2 Å². The number of sulfonamides is 1. The van der Waals surface area contributed by atoms with Gasteiger partial charge in [-0.3, -0.25) is 9.59 Å². The summed E-state index contributed by atoms with van der Waals surface area (Å²) in [5.41, 5.74) is -1.55. The molecule has 3 aromatic rings. The van der Waals surface area contributed by atoms with Crippen LogP contribution in [0.3, 0.4) is 0 Å². The fraction of sp³-hybridized carbons (Fsp3) is 0.364. The highest BCUT2D eigenvalue weighted by atomic mass is 35.5. The number of benzene rings is 1. The molecule has 2 heterocycles. The largest absolute Gasteiger partial charge is 0.504 e. The van der Waals surface area contributed by atoms with Crippen LogP contribution < -0.4 is 21.5 Å². The Labute approximate surface area is 205 Å². The number of hydrogen-bond donors (Lipinski definition) is 3. The molecule has 0 bridgehead atoms.